The summed E-state index contributed by atoms with van der Waals surface area (Å²) in [6.07, 6.45) is 1.32. The van der Waals surface area contributed by atoms with Gasteiger partial charge in [0.15, 0.2) is 0 Å². The van der Waals surface area contributed by atoms with E-state index in [4.69, 9.17) is 23.2 Å². The molecule has 1 unspecified atom stereocenters. The topological polar surface area (TPSA) is 41.1 Å². The highest BCUT2D eigenvalue weighted by Crippen LogP contribution is 2.29. The number of benzene rings is 1. The number of anilines is 1. The van der Waals surface area contributed by atoms with Crippen LogP contribution in [0.1, 0.15) is 26.7 Å². The van der Waals surface area contributed by atoms with Crippen molar-refractivity contribution < 1.29 is 4.79 Å². The maximum absolute atomic E-state index is 11.6. The summed E-state index contributed by atoms with van der Waals surface area (Å²) in [6, 6.07) is 5.51. The van der Waals surface area contributed by atoms with Crippen molar-refractivity contribution in [3.63, 3.8) is 0 Å². The summed E-state index contributed by atoms with van der Waals surface area (Å²) in [7, 11) is 0. The number of halogens is 2. The van der Waals surface area contributed by atoms with Gasteiger partial charge in [0, 0.05) is 19.0 Å². The fraction of sp³-hybridized carbons (Fsp3) is 0.462. The molecular weight excluding hydrogens is 271 g/mol. The smallest absolute Gasteiger partial charge is 0.221 e. The summed E-state index contributed by atoms with van der Waals surface area (Å²) in [5.41, 5.74) is 0.678. The molecule has 0 aliphatic carbocycles. The quantitative estimate of drug-likeness (QED) is 0.838. The molecule has 0 aliphatic heterocycles. The van der Waals surface area contributed by atoms with Crippen LogP contribution in [0.2, 0.25) is 10.0 Å². The first-order valence-corrected chi connectivity index (χ1v) is 6.77. The first-order chi connectivity index (χ1) is 8.54. The summed E-state index contributed by atoms with van der Waals surface area (Å²) in [5, 5.41) is 7.10. The van der Waals surface area contributed by atoms with Crippen LogP contribution in [0.5, 0.6) is 0 Å². The van der Waals surface area contributed by atoms with Gasteiger partial charge in [-0.2, -0.15) is 0 Å². The lowest BCUT2D eigenvalue weighted by atomic mass is 10.2. The van der Waals surface area contributed by atoms with Crippen molar-refractivity contribution >= 4 is 34.8 Å². The van der Waals surface area contributed by atoms with Gasteiger partial charge in [-0.05, 0) is 25.5 Å². The Morgan fingerprint density at radius 1 is 1.33 bits per heavy atom. The number of hydrogen-bond donors (Lipinski definition) is 2. The number of nitrogens with one attached hydrogen (secondary N) is 2. The molecule has 0 heterocycles. The average molecular weight is 289 g/mol. The normalized spacial score (nSPS) is 12.0. The van der Waals surface area contributed by atoms with Gasteiger partial charge < -0.3 is 10.6 Å². The van der Waals surface area contributed by atoms with E-state index in [0.29, 0.717) is 28.7 Å². The van der Waals surface area contributed by atoms with Crippen molar-refractivity contribution in [3.8, 4) is 0 Å². The zero-order valence-electron chi connectivity index (χ0n) is 10.6. The van der Waals surface area contributed by atoms with E-state index < -0.39 is 0 Å². The van der Waals surface area contributed by atoms with Crippen LogP contribution in [0.25, 0.3) is 0 Å². The number of hydrogen-bond acceptors (Lipinski definition) is 2. The lowest BCUT2D eigenvalue weighted by Gasteiger charge is -2.13. The van der Waals surface area contributed by atoms with Gasteiger partial charge in [-0.15, -0.1) is 0 Å². The Kier molecular flexibility index (Phi) is 6.30. The fourth-order valence-electron chi connectivity index (χ4n) is 1.42. The van der Waals surface area contributed by atoms with Gasteiger partial charge in [-0.25, -0.2) is 0 Å². The number of para-hydroxylation sites is 1. The Morgan fingerprint density at radius 3 is 2.50 bits per heavy atom. The summed E-state index contributed by atoms with van der Waals surface area (Å²) in [5.74, 6) is 0.0278. The summed E-state index contributed by atoms with van der Waals surface area (Å²) >= 11 is 12.0. The molecule has 0 aromatic heterocycles. The molecule has 1 rings (SSSR count). The third-order valence-corrected chi connectivity index (χ3v) is 3.27. The van der Waals surface area contributed by atoms with Crippen molar-refractivity contribution in [2.24, 2.45) is 0 Å². The molecule has 0 saturated carbocycles. The predicted molar refractivity (Wildman–Crippen MR) is 77.5 cm³/mol. The molecule has 3 nitrogen and oxygen atoms in total. The highest BCUT2D eigenvalue weighted by Gasteiger charge is 2.07. The van der Waals surface area contributed by atoms with E-state index in [2.05, 4.69) is 10.6 Å². The second-order valence-electron chi connectivity index (χ2n) is 4.15. The zero-order chi connectivity index (χ0) is 13.5. The molecular formula is C13H18Cl2N2O. The summed E-state index contributed by atoms with van der Waals surface area (Å²) in [4.78, 5) is 11.6. The second kappa shape index (κ2) is 7.49. The van der Waals surface area contributed by atoms with E-state index in [1.165, 1.54) is 0 Å². The standard InChI is InChI=1S/C13H18Cl2N2O/c1-3-9(2)17-12(18)7-8-16-13-10(14)5-4-6-11(13)15/h4-6,9,16H,3,7-8H2,1-2H3,(H,17,18). The van der Waals surface area contributed by atoms with Crippen molar-refractivity contribution in [1.29, 1.82) is 0 Å². The molecule has 1 atom stereocenters. The van der Waals surface area contributed by atoms with E-state index in [1.807, 2.05) is 13.8 Å². The van der Waals surface area contributed by atoms with Crippen LogP contribution in [-0.4, -0.2) is 18.5 Å². The first-order valence-electron chi connectivity index (χ1n) is 6.01. The highest BCUT2D eigenvalue weighted by atomic mass is 35.5. The third kappa shape index (κ3) is 4.75. The van der Waals surface area contributed by atoms with Crippen LogP contribution in [0.3, 0.4) is 0 Å². The Labute approximate surface area is 118 Å². The SMILES string of the molecule is CCC(C)NC(=O)CCNc1c(Cl)cccc1Cl. The van der Waals surface area contributed by atoms with E-state index in [-0.39, 0.29) is 11.9 Å². The molecule has 0 fully saturated rings. The molecule has 0 saturated heterocycles. The van der Waals surface area contributed by atoms with Crippen LogP contribution in [0.4, 0.5) is 5.69 Å². The molecule has 0 aliphatic rings. The maximum Gasteiger partial charge on any atom is 0.221 e. The van der Waals surface area contributed by atoms with Crippen LogP contribution < -0.4 is 10.6 Å². The number of carbonyl (C=O) groups excluding carboxylic acids is 1. The molecule has 1 amide bonds. The Morgan fingerprint density at radius 2 is 1.94 bits per heavy atom. The van der Waals surface area contributed by atoms with Crippen molar-refractivity contribution in [2.75, 3.05) is 11.9 Å². The minimum absolute atomic E-state index is 0.0278. The summed E-state index contributed by atoms with van der Waals surface area (Å²) in [6.45, 7) is 4.52. The first kappa shape index (κ1) is 15.1. The van der Waals surface area contributed by atoms with E-state index >= 15 is 0 Å². The van der Waals surface area contributed by atoms with E-state index in [0.717, 1.165) is 6.42 Å². The molecule has 0 radical (unpaired) electrons. The van der Waals surface area contributed by atoms with Gasteiger partial charge in [0.05, 0.1) is 15.7 Å². The van der Waals surface area contributed by atoms with Gasteiger partial charge in [-0.3, -0.25) is 4.79 Å². The van der Waals surface area contributed by atoms with Crippen molar-refractivity contribution in [1.82, 2.24) is 5.32 Å². The Bertz CT molecular complexity index is 390. The van der Waals surface area contributed by atoms with Crippen LogP contribution in [-0.2, 0) is 4.79 Å². The fourth-order valence-corrected chi connectivity index (χ4v) is 1.95. The lowest BCUT2D eigenvalue weighted by molar-refractivity contribution is -0.121. The second-order valence-corrected chi connectivity index (χ2v) is 4.96. The molecule has 100 valence electrons. The van der Waals surface area contributed by atoms with Gasteiger partial charge in [-0.1, -0.05) is 36.2 Å². The molecule has 18 heavy (non-hydrogen) atoms. The zero-order valence-corrected chi connectivity index (χ0v) is 12.1. The number of carbonyl (C=O) groups is 1. The van der Waals surface area contributed by atoms with E-state index in [1.54, 1.807) is 18.2 Å². The number of amides is 1. The Hall–Kier alpha value is -0.930. The van der Waals surface area contributed by atoms with Crippen LogP contribution in [0.15, 0.2) is 18.2 Å². The molecule has 5 heteroatoms. The van der Waals surface area contributed by atoms with Crippen LogP contribution in [0, 0.1) is 0 Å². The van der Waals surface area contributed by atoms with Crippen LogP contribution >= 0.6 is 23.2 Å². The van der Waals surface area contributed by atoms with Gasteiger partial charge in [0.2, 0.25) is 5.91 Å². The number of rotatable bonds is 6. The lowest BCUT2D eigenvalue weighted by Crippen LogP contribution is -2.32. The molecule has 0 bridgehead atoms. The minimum Gasteiger partial charge on any atom is -0.382 e. The van der Waals surface area contributed by atoms with Crippen molar-refractivity contribution in [2.45, 2.75) is 32.7 Å². The molecule has 1 aromatic rings. The Balaban J connectivity index is 2.40. The minimum atomic E-state index is 0.0278. The van der Waals surface area contributed by atoms with Gasteiger partial charge >= 0.3 is 0 Å². The molecule has 0 spiro atoms. The maximum atomic E-state index is 11.6. The van der Waals surface area contributed by atoms with Gasteiger partial charge in [0.25, 0.3) is 0 Å². The average Bonchev–Trinajstić information content (AvgIpc) is 2.32. The highest BCUT2D eigenvalue weighted by molar-refractivity contribution is 6.39. The monoisotopic (exact) mass is 288 g/mol. The largest absolute Gasteiger partial charge is 0.382 e. The third-order valence-electron chi connectivity index (χ3n) is 2.64. The van der Waals surface area contributed by atoms with E-state index in [9.17, 15) is 4.79 Å². The predicted octanol–water partition coefficient (Wildman–Crippen LogP) is 3.71. The summed E-state index contributed by atoms with van der Waals surface area (Å²) < 4.78 is 0. The van der Waals surface area contributed by atoms with Crippen molar-refractivity contribution in [3.05, 3.63) is 28.2 Å². The van der Waals surface area contributed by atoms with Gasteiger partial charge in [0.1, 0.15) is 0 Å². The molecule has 2 N–H and O–H groups in total. The molecule has 1 aromatic carbocycles.